The highest BCUT2D eigenvalue weighted by Gasteiger charge is 2.13. The lowest BCUT2D eigenvalue weighted by atomic mass is 10.2. The number of hydrogen-bond donors (Lipinski definition) is 1. The van der Waals surface area contributed by atoms with Gasteiger partial charge in [-0.05, 0) is 81.3 Å². The van der Waals surface area contributed by atoms with Gasteiger partial charge in [0.25, 0.3) is 5.91 Å². The van der Waals surface area contributed by atoms with E-state index in [0.717, 1.165) is 41.5 Å². The zero-order valence-electron chi connectivity index (χ0n) is 18.3. The SMILES string of the molecule is COc1ccc(-n2c(C)cc(/C=N\NC(=O)c3ccc(N4CCCC4)cc3)c2C)cc1. The van der Waals surface area contributed by atoms with Crippen LogP contribution in [0.5, 0.6) is 5.75 Å². The first-order chi connectivity index (χ1) is 15.1. The smallest absolute Gasteiger partial charge is 0.271 e. The predicted octanol–water partition coefficient (Wildman–Crippen LogP) is 4.47. The van der Waals surface area contributed by atoms with E-state index in [2.05, 4.69) is 33.0 Å². The topological polar surface area (TPSA) is 58.9 Å². The van der Waals surface area contributed by atoms with Gasteiger partial charge in [-0.25, -0.2) is 5.43 Å². The van der Waals surface area contributed by atoms with Gasteiger partial charge in [-0.1, -0.05) is 0 Å². The van der Waals surface area contributed by atoms with Gasteiger partial charge >= 0.3 is 0 Å². The monoisotopic (exact) mass is 416 g/mol. The van der Waals surface area contributed by atoms with E-state index in [4.69, 9.17) is 4.74 Å². The Balaban J connectivity index is 1.43. The van der Waals surface area contributed by atoms with Crippen LogP contribution in [0, 0.1) is 13.8 Å². The normalized spacial score (nSPS) is 13.7. The third-order valence-electron chi connectivity index (χ3n) is 5.77. The van der Waals surface area contributed by atoms with Crippen molar-refractivity contribution in [3.8, 4) is 11.4 Å². The molecule has 1 aromatic heterocycles. The van der Waals surface area contributed by atoms with Crippen LogP contribution in [0.25, 0.3) is 5.69 Å². The second kappa shape index (κ2) is 9.08. The van der Waals surface area contributed by atoms with Crippen LogP contribution in [-0.4, -0.2) is 36.9 Å². The van der Waals surface area contributed by atoms with Crippen LogP contribution in [0.1, 0.15) is 40.2 Å². The third kappa shape index (κ3) is 4.48. The van der Waals surface area contributed by atoms with Crippen LogP contribution in [-0.2, 0) is 0 Å². The minimum Gasteiger partial charge on any atom is -0.497 e. The number of hydrazone groups is 1. The van der Waals surface area contributed by atoms with Crippen molar-refractivity contribution in [3.05, 3.63) is 77.1 Å². The van der Waals surface area contributed by atoms with Gasteiger partial charge in [0.2, 0.25) is 0 Å². The molecule has 1 aliphatic heterocycles. The van der Waals surface area contributed by atoms with Crippen molar-refractivity contribution in [2.45, 2.75) is 26.7 Å². The molecule has 2 aromatic carbocycles. The lowest BCUT2D eigenvalue weighted by Gasteiger charge is -2.17. The Morgan fingerprint density at radius 1 is 1.00 bits per heavy atom. The number of nitrogens with one attached hydrogen (secondary N) is 1. The zero-order chi connectivity index (χ0) is 21.8. The molecule has 31 heavy (non-hydrogen) atoms. The average Bonchev–Trinajstić information content (AvgIpc) is 3.42. The largest absolute Gasteiger partial charge is 0.497 e. The molecule has 0 saturated carbocycles. The summed E-state index contributed by atoms with van der Waals surface area (Å²) in [6.07, 6.45) is 4.16. The summed E-state index contributed by atoms with van der Waals surface area (Å²) in [5.74, 6) is 0.609. The second-order valence-corrected chi connectivity index (χ2v) is 7.80. The number of hydrogen-bond acceptors (Lipinski definition) is 4. The van der Waals surface area contributed by atoms with Crippen LogP contribution < -0.4 is 15.1 Å². The summed E-state index contributed by atoms with van der Waals surface area (Å²) in [4.78, 5) is 14.8. The van der Waals surface area contributed by atoms with E-state index in [0.29, 0.717) is 5.56 Å². The molecule has 1 fully saturated rings. The highest BCUT2D eigenvalue weighted by atomic mass is 16.5. The van der Waals surface area contributed by atoms with Crippen LogP contribution in [0.4, 0.5) is 5.69 Å². The molecule has 1 saturated heterocycles. The van der Waals surface area contributed by atoms with Gasteiger partial charge in [-0.2, -0.15) is 5.10 Å². The van der Waals surface area contributed by atoms with Gasteiger partial charge in [0, 0.05) is 47.0 Å². The summed E-state index contributed by atoms with van der Waals surface area (Å²) in [6, 6.07) is 17.7. The summed E-state index contributed by atoms with van der Waals surface area (Å²) in [5.41, 5.74) is 8.56. The van der Waals surface area contributed by atoms with E-state index in [1.54, 1.807) is 13.3 Å². The summed E-state index contributed by atoms with van der Waals surface area (Å²) in [7, 11) is 1.66. The number of amides is 1. The van der Waals surface area contributed by atoms with Gasteiger partial charge in [0.15, 0.2) is 0 Å². The molecular weight excluding hydrogens is 388 g/mol. The molecular formula is C25H28N4O2. The van der Waals surface area contributed by atoms with Crippen molar-refractivity contribution in [2.75, 3.05) is 25.1 Å². The molecule has 6 nitrogen and oxygen atoms in total. The molecule has 1 N–H and O–H groups in total. The first-order valence-electron chi connectivity index (χ1n) is 10.6. The summed E-state index contributed by atoms with van der Waals surface area (Å²) < 4.78 is 7.39. The Morgan fingerprint density at radius 2 is 1.65 bits per heavy atom. The molecule has 2 heterocycles. The standard InChI is InChI=1S/C25H28N4O2/c1-18-16-21(19(2)29(18)23-10-12-24(31-3)13-11-23)17-26-27-25(30)20-6-8-22(9-7-20)28-14-4-5-15-28/h6-13,16-17H,4-5,14-15H2,1-3H3,(H,27,30)/b26-17-. The van der Waals surface area contributed by atoms with Crippen molar-refractivity contribution in [1.29, 1.82) is 0 Å². The maximum atomic E-state index is 12.5. The van der Waals surface area contributed by atoms with Crippen LogP contribution in [0.3, 0.4) is 0 Å². The van der Waals surface area contributed by atoms with Crippen molar-refractivity contribution in [1.82, 2.24) is 9.99 Å². The number of anilines is 1. The molecule has 160 valence electrons. The molecule has 3 aromatic rings. The number of ether oxygens (including phenoxy) is 1. The number of aryl methyl sites for hydroxylation is 1. The van der Waals surface area contributed by atoms with Crippen molar-refractivity contribution >= 4 is 17.8 Å². The first kappa shape index (κ1) is 20.7. The second-order valence-electron chi connectivity index (χ2n) is 7.80. The number of carbonyl (C=O) groups is 1. The summed E-state index contributed by atoms with van der Waals surface area (Å²) in [6.45, 7) is 6.27. The lowest BCUT2D eigenvalue weighted by molar-refractivity contribution is 0.0955. The molecule has 0 atom stereocenters. The van der Waals surface area contributed by atoms with Crippen molar-refractivity contribution < 1.29 is 9.53 Å². The highest BCUT2D eigenvalue weighted by Crippen LogP contribution is 2.22. The number of nitrogens with zero attached hydrogens (tertiary/aromatic N) is 3. The fourth-order valence-corrected chi connectivity index (χ4v) is 4.07. The number of carbonyl (C=O) groups excluding carboxylic acids is 1. The zero-order valence-corrected chi connectivity index (χ0v) is 18.3. The Morgan fingerprint density at radius 3 is 2.29 bits per heavy atom. The first-order valence-corrected chi connectivity index (χ1v) is 10.6. The maximum Gasteiger partial charge on any atom is 0.271 e. The Kier molecular flexibility index (Phi) is 6.07. The van der Waals surface area contributed by atoms with Gasteiger partial charge in [0.05, 0.1) is 13.3 Å². The molecule has 0 bridgehead atoms. The van der Waals surface area contributed by atoms with Crippen molar-refractivity contribution in [2.24, 2.45) is 5.10 Å². The maximum absolute atomic E-state index is 12.5. The number of benzene rings is 2. The quantitative estimate of drug-likeness (QED) is 0.477. The molecule has 0 aliphatic carbocycles. The average molecular weight is 417 g/mol. The van der Waals surface area contributed by atoms with Gasteiger partial charge < -0.3 is 14.2 Å². The van der Waals surface area contributed by atoms with E-state index in [9.17, 15) is 4.79 Å². The third-order valence-corrected chi connectivity index (χ3v) is 5.77. The predicted molar refractivity (Wildman–Crippen MR) is 125 cm³/mol. The minimum atomic E-state index is -0.215. The number of rotatable bonds is 6. The minimum absolute atomic E-state index is 0.215. The number of aromatic nitrogens is 1. The van der Waals surface area contributed by atoms with Crippen LogP contribution >= 0.6 is 0 Å². The van der Waals surface area contributed by atoms with E-state index in [1.807, 2.05) is 55.5 Å². The summed E-state index contributed by atoms with van der Waals surface area (Å²) in [5, 5.41) is 4.19. The fraction of sp³-hybridized carbons (Fsp3) is 0.280. The van der Waals surface area contributed by atoms with Crippen LogP contribution in [0.2, 0.25) is 0 Å². The Bertz CT molecular complexity index is 1080. The molecule has 4 rings (SSSR count). The molecule has 0 unspecified atom stereocenters. The highest BCUT2D eigenvalue weighted by molar-refractivity contribution is 5.95. The van der Waals surface area contributed by atoms with Gasteiger partial charge in [-0.3, -0.25) is 4.79 Å². The summed E-state index contributed by atoms with van der Waals surface area (Å²) >= 11 is 0. The molecule has 0 spiro atoms. The van der Waals surface area contributed by atoms with E-state index in [-0.39, 0.29) is 5.91 Å². The van der Waals surface area contributed by atoms with E-state index >= 15 is 0 Å². The Hall–Kier alpha value is -3.54. The number of methoxy groups -OCH3 is 1. The van der Waals surface area contributed by atoms with E-state index < -0.39 is 0 Å². The molecule has 0 radical (unpaired) electrons. The van der Waals surface area contributed by atoms with E-state index in [1.165, 1.54) is 18.5 Å². The lowest BCUT2D eigenvalue weighted by Crippen LogP contribution is -2.19. The molecule has 1 aliphatic rings. The van der Waals surface area contributed by atoms with Crippen LogP contribution in [0.15, 0.2) is 59.7 Å². The van der Waals surface area contributed by atoms with Crippen molar-refractivity contribution in [3.63, 3.8) is 0 Å². The molecule has 1 amide bonds. The van der Waals surface area contributed by atoms with Gasteiger partial charge in [-0.15, -0.1) is 0 Å². The fourth-order valence-electron chi connectivity index (χ4n) is 4.07. The Labute approximate surface area is 183 Å². The molecule has 6 heteroatoms. The van der Waals surface area contributed by atoms with Gasteiger partial charge in [0.1, 0.15) is 5.75 Å².